The molecule has 1 N–H and O–H groups in total. The third kappa shape index (κ3) is 8.40. The largest absolute Gasteiger partial charge is 0.461 e. The molecule has 1 fully saturated rings. The summed E-state index contributed by atoms with van der Waals surface area (Å²) in [4.78, 5) is 11.2. The Kier molecular flexibility index (Phi) is 11.1. The molecule has 0 aliphatic heterocycles. The number of aliphatic hydroxyl groups excluding tert-OH is 1. The van der Waals surface area contributed by atoms with Gasteiger partial charge in [-0.25, -0.2) is 4.79 Å². The van der Waals surface area contributed by atoms with Crippen molar-refractivity contribution in [2.75, 3.05) is 6.61 Å². The van der Waals surface area contributed by atoms with Crippen LogP contribution in [0.2, 0.25) is 0 Å². The van der Waals surface area contributed by atoms with Crippen LogP contribution in [0.5, 0.6) is 5.75 Å². The van der Waals surface area contributed by atoms with Crippen molar-refractivity contribution in [1.82, 2.24) is 0 Å². The lowest BCUT2D eigenvalue weighted by Crippen LogP contribution is -2.13. The maximum atomic E-state index is 11.2. The summed E-state index contributed by atoms with van der Waals surface area (Å²) < 4.78 is 10.6. The number of benzene rings is 2. The van der Waals surface area contributed by atoms with Gasteiger partial charge in [0.1, 0.15) is 18.3 Å². The first-order chi connectivity index (χ1) is 17.1. The molecular formula is C31H40O4. The summed E-state index contributed by atoms with van der Waals surface area (Å²) in [6, 6.07) is 15.1. The minimum Gasteiger partial charge on any atom is -0.461 e. The van der Waals surface area contributed by atoms with Gasteiger partial charge in [0.15, 0.2) is 0 Å². The summed E-state index contributed by atoms with van der Waals surface area (Å²) in [7, 11) is 0. The van der Waals surface area contributed by atoms with Crippen molar-refractivity contribution in [3.8, 4) is 16.9 Å². The molecule has 4 heteroatoms. The highest BCUT2D eigenvalue weighted by molar-refractivity contribution is 5.81. The molecule has 0 amide bonds. The van der Waals surface area contributed by atoms with Crippen LogP contribution in [0.25, 0.3) is 11.1 Å². The molecule has 0 bridgehead atoms. The van der Waals surface area contributed by atoms with Crippen LogP contribution in [0.3, 0.4) is 0 Å². The quantitative estimate of drug-likeness (QED) is 0.139. The van der Waals surface area contributed by atoms with Gasteiger partial charge >= 0.3 is 5.97 Å². The van der Waals surface area contributed by atoms with Gasteiger partial charge in [-0.1, -0.05) is 75.6 Å². The van der Waals surface area contributed by atoms with Crippen molar-refractivity contribution >= 4 is 5.97 Å². The Morgan fingerprint density at radius 2 is 1.74 bits per heavy atom. The van der Waals surface area contributed by atoms with Gasteiger partial charge in [-0.2, -0.15) is 0 Å². The zero-order valence-corrected chi connectivity index (χ0v) is 21.1. The van der Waals surface area contributed by atoms with Crippen molar-refractivity contribution < 1.29 is 19.4 Å². The van der Waals surface area contributed by atoms with Crippen molar-refractivity contribution in [2.24, 2.45) is 5.92 Å². The van der Waals surface area contributed by atoms with Gasteiger partial charge in [0.05, 0.1) is 0 Å². The van der Waals surface area contributed by atoms with E-state index in [0.29, 0.717) is 24.5 Å². The molecule has 35 heavy (non-hydrogen) atoms. The van der Waals surface area contributed by atoms with Gasteiger partial charge in [0.25, 0.3) is 0 Å². The molecular weight excluding hydrogens is 436 g/mol. The molecule has 0 spiro atoms. The fraction of sp³-hybridized carbons (Fsp3) is 0.452. The molecule has 1 aliphatic carbocycles. The molecule has 1 aliphatic rings. The van der Waals surface area contributed by atoms with Crippen LogP contribution >= 0.6 is 0 Å². The first-order valence-electron chi connectivity index (χ1n) is 13.1. The minimum absolute atomic E-state index is 0.121. The van der Waals surface area contributed by atoms with Gasteiger partial charge in [-0.05, 0) is 78.7 Å². The molecule has 0 heterocycles. The fourth-order valence-corrected chi connectivity index (χ4v) is 4.98. The molecule has 0 saturated heterocycles. The number of unbranched alkanes of at least 4 members (excludes halogenated alkanes) is 2. The number of aliphatic hydroxyl groups is 1. The molecule has 1 saturated carbocycles. The van der Waals surface area contributed by atoms with E-state index in [9.17, 15) is 9.90 Å². The zero-order chi connectivity index (χ0) is 24.9. The Bertz CT molecular complexity index is 952. The number of ether oxygens (including phenoxy) is 2. The number of hydrogen-bond acceptors (Lipinski definition) is 4. The molecule has 2 aromatic rings. The normalized spacial score (nSPS) is 17.9. The first-order valence-corrected chi connectivity index (χ1v) is 13.1. The minimum atomic E-state index is -0.538. The van der Waals surface area contributed by atoms with E-state index in [1.165, 1.54) is 69.5 Å². The Hall–Kier alpha value is -2.85. The molecule has 4 nitrogen and oxygen atoms in total. The molecule has 0 unspecified atom stereocenters. The van der Waals surface area contributed by atoms with E-state index < -0.39 is 5.97 Å². The molecule has 0 radical (unpaired) electrons. The second-order valence-electron chi connectivity index (χ2n) is 9.52. The SMILES string of the molecule is C=CC(=O)O/C=C/Oc1cc(-c2ccc(C3CCC(CCCCC)CC3)cc2)ccc1CCCO. The van der Waals surface area contributed by atoms with Gasteiger partial charge in [0.2, 0.25) is 0 Å². The smallest absolute Gasteiger partial charge is 0.335 e. The lowest BCUT2D eigenvalue weighted by atomic mass is 9.77. The summed E-state index contributed by atoms with van der Waals surface area (Å²) in [6.45, 7) is 5.77. The third-order valence-electron chi connectivity index (χ3n) is 7.05. The van der Waals surface area contributed by atoms with Crippen LogP contribution in [-0.4, -0.2) is 17.7 Å². The number of aryl methyl sites for hydroxylation is 1. The molecule has 2 aromatic carbocycles. The predicted octanol–water partition coefficient (Wildman–Crippen LogP) is 7.71. The van der Waals surface area contributed by atoms with Crippen LogP contribution in [0.1, 0.15) is 81.8 Å². The van der Waals surface area contributed by atoms with E-state index in [1.807, 2.05) is 12.1 Å². The summed E-state index contributed by atoms with van der Waals surface area (Å²) in [5.41, 5.74) is 4.65. The second kappa shape index (κ2) is 14.5. The fourth-order valence-electron chi connectivity index (χ4n) is 4.98. The average Bonchev–Trinajstić information content (AvgIpc) is 2.90. The van der Waals surface area contributed by atoms with Crippen molar-refractivity contribution in [3.63, 3.8) is 0 Å². The van der Waals surface area contributed by atoms with E-state index in [0.717, 1.165) is 28.7 Å². The molecule has 3 rings (SSSR count). The van der Waals surface area contributed by atoms with Crippen LogP contribution in [0.4, 0.5) is 0 Å². The van der Waals surface area contributed by atoms with Gasteiger partial charge in [-0.3, -0.25) is 0 Å². The molecule has 0 aromatic heterocycles. The van der Waals surface area contributed by atoms with Crippen LogP contribution in [-0.2, 0) is 16.0 Å². The van der Waals surface area contributed by atoms with Crippen molar-refractivity contribution in [1.29, 1.82) is 0 Å². The summed E-state index contributed by atoms with van der Waals surface area (Å²) in [5, 5.41) is 9.23. The first kappa shape index (κ1) is 26.7. The summed E-state index contributed by atoms with van der Waals surface area (Å²) >= 11 is 0. The van der Waals surface area contributed by atoms with E-state index in [2.05, 4.69) is 43.8 Å². The highest BCUT2D eigenvalue weighted by Crippen LogP contribution is 2.38. The highest BCUT2D eigenvalue weighted by atomic mass is 16.5. The Morgan fingerprint density at radius 1 is 1.00 bits per heavy atom. The number of rotatable bonds is 13. The monoisotopic (exact) mass is 476 g/mol. The number of hydrogen-bond donors (Lipinski definition) is 1. The van der Waals surface area contributed by atoms with E-state index >= 15 is 0 Å². The highest BCUT2D eigenvalue weighted by Gasteiger charge is 2.22. The average molecular weight is 477 g/mol. The van der Waals surface area contributed by atoms with E-state index in [4.69, 9.17) is 9.47 Å². The zero-order valence-electron chi connectivity index (χ0n) is 21.1. The van der Waals surface area contributed by atoms with Crippen LogP contribution in [0.15, 0.2) is 67.6 Å². The molecule has 0 atom stereocenters. The van der Waals surface area contributed by atoms with E-state index in [-0.39, 0.29) is 6.61 Å². The van der Waals surface area contributed by atoms with Gasteiger partial charge in [0, 0.05) is 12.7 Å². The van der Waals surface area contributed by atoms with Gasteiger partial charge in [-0.15, -0.1) is 0 Å². The predicted molar refractivity (Wildman–Crippen MR) is 142 cm³/mol. The van der Waals surface area contributed by atoms with Crippen LogP contribution in [0, 0.1) is 5.92 Å². The van der Waals surface area contributed by atoms with Gasteiger partial charge < -0.3 is 14.6 Å². The molecule has 188 valence electrons. The Labute approximate surface area is 210 Å². The Balaban J connectivity index is 1.65. The number of esters is 1. The number of carbonyl (C=O) groups is 1. The topological polar surface area (TPSA) is 55.8 Å². The summed E-state index contributed by atoms with van der Waals surface area (Å²) in [6.07, 6.45) is 15.8. The lowest BCUT2D eigenvalue weighted by molar-refractivity contribution is -0.132. The lowest BCUT2D eigenvalue weighted by Gasteiger charge is -2.29. The third-order valence-corrected chi connectivity index (χ3v) is 7.05. The van der Waals surface area contributed by atoms with Crippen molar-refractivity contribution in [3.05, 3.63) is 78.8 Å². The standard InChI is InChI=1S/C31H40O4/c1-3-5-6-8-24-10-12-25(13-11-24)26-14-16-27(17-15-26)29-19-18-28(9-7-20-32)30(23-29)34-21-22-35-31(33)4-2/h4,14-19,21-25,32H,2-3,5-13,20H2,1H3/b22-21+. The maximum Gasteiger partial charge on any atom is 0.335 e. The second-order valence-corrected chi connectivity index (χ2v) is 9.52. The maximum absolute atomic E-state index is 11.2. The summed E-state index contributed by atoms with van der Waals surface area (Å²) in [5.74, 6) is 1.75. The van der Waals surface area contributed by atoms with E-state index in [1.54, 1.807) is 0 Å². The van der Waals surface area contributed by atoms with Crippen molar-refractivity contribution in [2.45, 2.75) is 77.0 Å². The van der Waals surface area contributed by atoms with Crippen LogP contribution < -0.4 is 4.74 Å². The number of carbonyl (C=O) groups excluding carboxylic acids is 1. The Morgan fingerprint density at radius 3 is 2.43 bits per heavy atom.